The first kappa shape index (κ1) is 15.0. The number of nitrogens with two attached hydrogens (primary N) is 1. The van der Waals surface area contributed by atoms with Crippen molar-refractivity contribution < 1.29 is 4.74 Å². The first-order chi connectivity index (χ1) is 10.6. The summed E-state index contributed by atoms with van der Waals surface area (Å²) in [6, 6.07) is 8.39. The van der Waals surface area contributed by atoms with Crippen LogP contribution in [0, 0.1) is 0 Å². The molecule has 2 atom stereocenters. The Balaban J connectivity index is 1.67. The molecular formula is C16H23N5O. The molecule has 2 aromatic rings. The van der Waals surface area contributed by atoms with Crippen molar-refractivity contribution in [3.05, 3.63) is 41.7 Å². The van der Waals surface area contributed by atoms with E-state index in [4.69, 9.17) is 10.5 Å². The standard InChI is InChI=1S/C16H23N5O/c1-20-11-16(18-19-20)13-7-14(17)10-21(9-13)8-12-3-5-15(22-2)6-4-12/h3-6,11,13-14H,7-10,17H2,1-2H3/t13-,14+/m1/s1. The molecule has 1 aromatic heterocycles. The first-order valence-corrected chi connectivity index (χ1v) is 7.61. The summed E-state index contributed by atoms with van der Waals surface area (Å²) in [5.41, 5.74) is 8.55. The van der Waals surface area contributed by atoms with Gasteiger partial charge in [-0.15, -0.1) is 5.10 Å². The van der Waals surface area contributed by atoms with Gasteiger partial charge in [0.2, 0.25) is 0 Å². The Kier molecular flexibility index (Phi) is 4.40. The molecule has 1 aromatic carbocycles. The second-order valence-electron chi connectivity index (χ2n) is 6.05. The van der Waals surface area contributed by atoms with E-state index < -0.39 is 0 Å². The molecule has 3 rings (SSSR count). The van der Waals surface area contributed by atoms with Crippen LogP contribution in [0.15, 0.2) is 30.5 Å². The number of hydrogen-bond acceptors (Lipinski definition) is 5. The Labute approximate surface area is 130 Å². The first-order valence-electron chi connectivity index (χ1n) is 7.61. The predicted octanol–water partition coefficient (Wildman–Crippen LogP) is 1.14. The van der Waals surface area contributed by atoms with Crippen molar-refractivity contribution in [3.63, 3.8) is 0 Å². The molecule has 1 saturated heterocycles. The van der Waals surface area contributed by atoms with Gasteiger partial charge in [0.15, 0.2) is 0 Å². The number of aryl methyl sites for hydroxylation is 1. The van der Waals surface area contributed by atoms with E-state index in [1.165, 1.54) is 5.56 Å². The lowest BCUT2D eigenvalue weighted by atomic mass is 9.92. The molecule has 0 spiro atoms. The van der Waals surface area contributed by atoms with E-state index in [-0.39, 0.29) is 6.04 Å². The van der Waals surface area contributed by atoms with Gasteiger partial charge in [-0.3, -0.25) is 9.58 Å². The molecule has 22 heavy (non-hydrogen) atoms. The minimum atomic E-state index is 0.180. The van der Waals surface area contributed by atoms with Gasteiger partial charge in [-0.2, -0.15) is 0 Å². The van der Waals surface area contributed by atoms with E-state index >= 15 is 0 Å². The maximum Gasteiger partial charge on any atom is 0.118 e. The summed E-state index contributed by atoms with van der Waals surface area (Å²) in [4.78, 5) is 2.40. The van der Waals surface area contributed by atoms with Crippen molar-refractivity contribution in [3.8, 4) is 5.75 Å². The van der Waals surface area contributed by atoms with Gasteiger partial charge >= 0.3 is 0 Å². The Morgan fingerprint density at radius 2 is 2.05 bits per heavy atom. The van der Waals surface area contributed by atoms with Crippen LogP contribution in [0.2, 0.25) is 0 Å². The molecule has 0 bridgehead atoms. The zero-order valence-electron chi connectivity index (χ0n) is 13.1. The van der Waals surface area contributed by atoms with E-state index in [1.807, 2.05) is 25.4 Å². The van der Waals surface area contributed by atoms with Crippen LogP contribution >= 0.6 is 0 Å². The third kappa shape index (κ3) is 3.45. The van der Waals surface area contributed by atoms with Gasteiger partial charge in [0.1, 0.15) is 5.75 Å². The molecule has 0 saturated carbocycles. The van der Waals surface area contributed by atoms with E-state index in [1.54, 1.807) is 11.8 Å². The highest BCUT2D eigenvalue weighted by atomic mass is 16.5. The fourth-order valence-corrected chi connectivity index (χ4v) is 3.12. The molecule has 0 unspecified atom stereocenters. The van der Waals surface area contributed by atoms with Crippen LogP contribution in [-0.4, -0.2) is 46.1 Å². The minimum Gasteiger partial charge on any atom is -0.497 e. The fraction of sp³-hybridized carbons (Fsp3) is 0.500. The van der Waals surface area contributed by atoms with Crippen molar-refractivity contribution in [2.75, 3.05) is 20.2 Å². The lowest BCUT2D eigenvalue weighted by Gasteiger charge is -2.35. The summed E-state index contributed by atoms with van der Waals surface area (Å²) in [7, 11) is 3.58. The predicted molar refractivity (Wildman–Crippen MR) is 84.6 cm³/mol. The smallest absolute Gasteiger partial charge is 0.118 e. The third-order valence-electron chi connectivity index (χ3n) is 4.16. The van der Waals surface area contributed by atoms with Crippen LogP contribution in [0.1, 0.15) is 23.6 Å². The van der Waals surface area contributed by atoms with Crippen molar-refractivity contribution >= 4 is 0 Å². The third-order valence-corrected chi connectivity index (χ3v) is 4.16. The number of piperidine rings is 1. The van der Waals surface area contributed by atoms with Gasteiger partial charge in [0.25, 0.3) is 0 Å². The molecule has 6 nitrogen and oxygen atoms in total. The lowest BCUT2D eigenvalue weighted by Crippen LogP contribution is -2.45. The molecule has 1 aliphatic heterocycles. The quantitative estimate of drug-likeness (QED) is 0.917. The highest BCUT2D eigenvalue weighted by molar-refractivity contribution is 5.27. The number of methoxy groups -OCH3 is 1. The number of ether oxygens (including phenoxy) is 1. The molecule has 118 valence electrons. The van der Waals surface area contributed by atoms with Gasteiger partial charge in [0.05, 0.1) is 12.8 Å². The molecule has 0 radical (unpaired) electrons. The average molecular weight is 301 g/mol. The summed E-state index contributed by atoms with van der Waals surface area (Å²) in [6.45, 7) is 2.79. The molecule has 2 heterocycles. The zero-order chi connectivity index (χ0) is 15.5. The van der Waals surface area contributed by atoms with Crippen LogP contribution in [-0.2, 0) is 13.6 Å². The Morgan fingerprint density at radius 1 is 1.27 bits per heavy atom. The van der Waals surface area contributed by atoms with E-state index in [9.17, 15) is 0 Å². The van der Waals surface area contributed by atoms with E-state index in [0.29, 0.717) is 5.92 Å². The van der Waals surface area contributed by atoms with Gasteiger partial charge in [-0.1, -0.05) is 17.3 Å². The highest BCUT2D eigenvalue weighted by Gasteiger charge is 2.27. The van der Waals surface area contributed by atoms with Crippen LogP contribution in [0.25, 0.3) is 0 Å². The largest absolute Gasteiger partial charge is 0.497 e. The van der Waals surface area contributed by atoms with Crippen LogP contribution in [0.3, 0.4) is 0 Å². The van der Waals surface area contributed by atoms with Gasteiger partial charge in [-0.05, 0) is 24.1 Å². The molecule has 0 amide bonds. The van der Waals surface area contributed by atoms with Crippen molar-refractivity contribution in [2.24, 2.45) is 12.8 Å². The van der Waals surface area contributed by atoms with Crippen LogP contribution < -0.4 is 10.5 Å². The number of nitrogens with zero attached hydrogens (tertiary/aromatic N) is 4. The lowest BCUT2D eigenvalue weighted by molar-refractivity contribution is 0.179. The molecule has 1 fully saturated rings. The van der Waals surface area contributed by atoms with Gasteiger partial charge in [-0.25, -0.2) is 0 Å². The maximum absolute atomic E-state index is 6.24. The highest BCUT2D eigenvalue weighted by Crippen LogP contribution is 2.26. The number of benzene rings is 1. The summed E-state index contributed by atoms with van der Waals surface area (Å²) in [6.07, 6.45) is 2.96. The van der Waals surface area contributed by atoms with Gasteiger partial charge < -0.3 is 10.5 Å². The number of likely N-dealkylation sites (tertiary alicyclic amines) is 1. The molecular weight excluding hydrogens is 278 g/mol. The number of hydrogen-bond donors (Lipinski definition) is 1. The fourth-order valence-electron chi connectivity index (χ4n) is 3.12. The number of aromatic nitrogens is 3. The second kappa shape index (κ2) is 6.46. The zero-order valence-corrected chi connectivity index (χ0v) is 13.1. The minimum absolute atomic E-state index is 0.180. The molecule has 0 aliphatic carbocycles. The SMILES string of the molecule is COc1ccc(CN2C[C@@H](N)C[C@@H](c3cn(C)nn3)C2)cc1. The molecule has 2 N–H and O–H groups in total. The second-order valence-corrected chi connectivity index (χ2v) is 6.05. The molecule has 1 aliphatic rings. The van der Waals surface area contributed by atoms with E-state index in [0.717, 1.165) is 37.5 Å². The summed E-state index contributed by atoms with van der Waals surface area (Å²) >= 11 is 0. The van der Waals surface area contributed by atoms with Crippen LogP contribution in [0.4, 0.5) is 0 Å². The summed E-state index contributed by atoms with van der Waals surface area (Å²) in [5, 5.41) is 8.29. The normalized spacial score (nSPS) is 22.7. The van der Waals surface area contributed by atoms with Crippen LogP contribution in [0.5, 0.6) is 5.75 Å². The summed E-state index contributed by atoms with van der Waals surface area (Å²) in [5.74, 6) is 1.24. The maximum atomic E-state index is 6.24. The Hall–Kier alpha value is -1.92. The average Bonchev–Trinajstić information content (AvgIpc) is 2.94. The van der Waals surface area contributed by atoms with Gasteiger partial charge in [0, 0.05) is 44.8 Å². The van der Waals surface area contributed by atoms with E-state index in [2.05, 4.69) is 27.3 Å². The monoisotopic (exact) mass is 301 g/mol. The number of rotatable bonds is 4. The Bertz CT molecular complexity index is 609. The summed E-state index contributed by atoms with van der Waals surface area (Å²) < 4.78 is 6.96. The molecule has 6 heteroatoms. The topological polar surface area (TPSA) is 69.2 Å². The van der Waals surface area contributed by atoms with Crippen molar-refractivity contribution in [1.29, 1.82) is 0 Å². The van der Waals surface area contributed by atoms with Crippen molar-refractivity contribution in [2.45, 2.75) is 24.9 Å². The van der Waals surface area contributed by atoms with Crippen molar-refractivity contribution in [1.82, 2.24) is 19.9 Å². The Morgan fingerprint density at radius 3 is 2.68 bits per heavy atom.